The largest absolute Gasteiger partial charge is 0.419 e. The van der Waals surface area contributed by atoms with Crippen LogP contribution in [0.2, 0.25) is 0 Å². The zero-order valence-corrected chi connectivity index (χ0v) is 16.6. The Hall–Kier alpha value is -3.01. The number of alkyl halides is 3. The second-order valence-corrected chi connectivity index (χ2v) is 7.21. The maximum absolute atomic E-state index is 14.8. The molecule has 0 spiro atoms. The smallest absolute Gasteiger partial charge is 0.378 e. The molecule has 0 bridgehead atoms. The summed E-state index contributed by atoms with van der Waals surface area (Å²) in [6.07, 6.45) is -4.79. The fraction of sp³-hybridized carbons (Fsp3) is 0.333. The van der Waals surface area contributed by atoms with Crippen molar-refractivity contribution in [2.45, 2.75) is 19.6 Å². The van der Waals surface area contributed by atoms with Crippen molar-refractivity contribution in [1.29, 1.82) is 0 Å². The lowest BCUT2D eigenvalue weighted by Crippen LogP contribution is -2.36. The van der Waals surface area contributed by atoms with Gasteiger partial charge in [-0.3, -0.25) is 0 Å². The second-order valence-electron chi connectivity index (χ2n) is 7.21. The highest BCUT2D eigenvalue weighted by atomic mass is 19.4. The first-order valence-corrected chi connectivity index (χ1v) is 9.63. The van der Waals surface area contributed by atoms with Crippen LogP contribution in [0.1, 0.15) is 16.8 Å². The fourth-order valence-electron chi connectivity index (χ4n) is 3.58. The van der Waals surface area contributed by atoms with Gasteiger partial charge in [0.1, 0.15) is 11.6 Å². The third kappa shape index (κ3) is 4.25. The molecule has 1 fully saturated rings. The van der Waals surface area contributed by atoms with Crippen LogP contribution in [0.25, 0.3) is 10.8 Å². The van der Waals surface area contributed by atoms with Crippen molar-refractivity contribution in [3.63, 3.8) is 0 Å². The number of hydrogen-bond acceptors (Lipinski definition) is 5. The standard InChI is InChI=1S/C21H19F5N4O/c1-12-14-9-17(22)18(30-5-7-31-8-6-30)10-15(14)20(29-28-12)27-11-13-3-2-4-16(19(13)23)21(24,25)26/h2-4,9-10H,5-8,11H2,1H3,(H,27,29). The summed E-state index contributed by atoms with van der Waals surface area (Å²) in [5, 5.41) is 12.0. The molecule has 0 radical (unpaired) electrons. The average Bonchev–Trinajstić information content (AvgIpc) is 2.74. The molecular formula is C21H19F5N4O. The Bertz CT molecular complexity index is 1110. The van der Waals surface area contributed by atoms with E-state index in [9.17, 15) is 22.0 Å². The summed E-state index contributed by atoms with van der Waals surface area (Å²) in [5.74, 6) is -1.53. The molecule has 4 rings (SSSR count). The molecular weight excluding hydrogens is 419 g/mol. The van der Waals surface area contributed by atoms with Gasteiger partial charge < -0.3 is 15.0 Å². The lowest BCUT2D eigenvalue weighted by molar-refractivity contribution is -0.140. The second kappa shape index (κ2) is 8.26. The van der Waals surface area contributed by atoms with Gasteiger partial charge >= 0.3 is 6.18 Å². The molecule has 10 heteroatoms. The number of ether oxygens (including phenoxy) is 1. The number of fused-ring (bicyclic) bond motifs is 1. The monoisotopic (exact) mass is 438 g/mol. The van der Waals surface area contributed by atoms with Crippen LogP contribution >= 0.6 is 0 Å². The number of aromatic nitrogens is 2. The Labute approximate surface area is 174 Å². The van der Waals surface area contributed by atoms with Crippen molar-refractivity contribution < 1.29 is 26.7 Å². The first-order chi connectivity index (χ1) is 14.8. The van der Waals surface area contributed by atoms with Gasteiger partial charge in [-0.2, -0.15) is 18.3 Å². The molecule has 0 amide bonds. The minimum atomic E-state index is -4.79. The number of nitrogens with zero attached hydrogens (tertiary/aromatic N) is 3. The summed E-state index contributed by atoms with van der Waals surface area (Å²) < 4.78 is 73.3. The van der Waals surface area contributed by atoms with Crippen molar-refractivity contribution in [3.8, 4) is 0 Å². The molecule has 2 heterocycles. The highest BCUT2D eigenvalue weighted by Gasteiger charge is 2.34. The van der Waals surface area contributed by atoms with Gasteiger partial charge in [0.25, 0.3) is 0 Å². The zero-order valence-electron chi connectivity index (χ0n) is 16.6. The molecule has 1 aliphatic rings. The van der Waals surface area contributed by atoms with Gasteiger partial charge in [0.05, 0.1) is 30.2 Å². The van der Waals surface area contributed by atoms with Gasteiger partial charge in [-0.25, -0.2) is 8.78 Å². The zero-order chi connectivity index (χ0) is 22.2. The van der Waals surface area contributed by atoms with Crippen LogP contribution in [-0.4, -0.2) is 36.5 Å². The first-order valence-electron chi connectivity index (χ1n) is 9.63. The molecule has 3 aromatic rings. The van der Waals surface area contributed by atoms with E-state index < -0.39 is 23.4 Å². The topological polar surface area (TPSA) is 50.3 Å². The van der Waals surface area contributed by atoms with E-state index in [1.54, 1.807) is 13.0 Å². The van der Waals surface area contributed by atoms with Crippen LogP contribution in [0.5, 0.6) is 0 Å². The van der Waals surface area contributed by atoms with E-state index in [4.69, 9.17) is 4.74 Å². The Kier molecular flexibility index (Phi) is 5.65. The number of halogens is 5. The van der Waals surface area contributed by atoms with Crippen LogP contribution < -0.4 is 10.2 Å². The highest BCUT2D eigenvalue weighted by molar-refractivity contribution is 5.95. The number of anilines is 2. The number of hydrogen-bond donors (Lipinski definition) is 1. The first kappa shape index (κ1) is 21.2. The van der Waals surface area contributed by atoms with Crippen LogP contribution in [0.3, 0.4) is 0 Å². The van der Waals surface area contributed by atoms with Gasteiger partial charge in [-0.1, -0.05) is 12.1 Å². The summed E-state index contributed by atoms with van der Waals surface area (Å²) in [5.41, 5.74) is -0.626. The quantitative estimate of drug-likeness (QED) is 0.600. The predicted molar refractivity (Wildman–Crippen MR) is 106 cm³/mol. The van der Waals surface area contributed by atoms with E-state index in [1.165, 1.54) is 12.1 Å². The Balaban J connectivity index is 1.69. The average molecular weight is 438 g/mol. The van der Waals surface area contributed by atoms with Gasteiger partial charge in [0, 0.05) is 36.0 Å². The lowest BCUT2D eigenvalue weighted by Gasteiger charge is -2.29. The predicted octanol–water partition coefficient (Wildman–Crippen LogP) is 4.68. The third-order valence-corrected chi connectivity index (χ3v) is 5.21. The molecule has 1 aliphatic heterocycles. The Morgan fingerprint density at radius 2 is 1.81 bits per heavy atom. The summed E-state index contributed by atoms with van der Waals surface area (Å²) >= 11 is 0. The van der Waals surface area contributed by atoms with Crippen molar-refractivity contribution in [1.82, 2.24) is 10.2 Å². The van der Waals surface area contributed by atoms with E-state index in [1.807, 2.05) is 4.90 Å². The Morgan fingerprint density at radius 1 is 1.06 bits per heavy atom. The fourth-order valence-corrected chi connectivity index (χ4v) is 3.58. The van der Waals surface area contributed by atoms with Gasteiger partial charge in [0.15, 0.2) is 5.82 Å². The number of morpholine rings is 1. The summed E-state index contributed by atoms with van der Waals surface area (Å²) in [4.78, 5) is 1.85. The van der Waals surface area contributed by atoms with Crippen LogP contribution in [0, 0.1) is 18.6 Å². The number of aryl methyl sites for hydroxylation is 1. The molecule has 0 atom stereocenters. The van der Waals surface area contributed by atoms with Crippen molar-refractivity contribution in [3.05, 3.63) is 58.8 Å². The molecule has 31 heavy (non-hydrogen) atoms. The van der Waals surface area contributed by atoms with E-state index >= 15 is 0 Å². The van der Waals surface area contributed by atoms with Crippen LogP contribution in [0.4, 0.5) is 33.5 Å². The van der Waals surface area contributed by atoms with E-state index in [0.29, 0.717) is 54.5 Å². The van der Waals surface area contributed by atoms with Gasteiger partial charge in [-0.05, 0) is 25.1 Å². The number of nitrogens with one attached hydrogen (secondary N) is 1. The molecule has 164 valence electrons. The van der Waals surface area contributed by atoms with E-state index in [2.05, 4.69) is 15.5 Å². The SMILES string of the molecule is Cc1nnc(NCc2cccc(C(F)(F)F)c2F)c2cc(N3CCOCC3)c(F)cc12. The maximum atomic E-state index is 14.8. The normalized spacial score (nSPS) is 14.8. The van der Waals surface area contributed by atoms with Crippen LogP contribution in [0.15, 0.2) is 30.3 Å². The molecule has 2 aromatic carbocycles. The van der Waals surface area contributed by atoms with E-state index in [-0.39, 0.29) is 17.9 Å². The number of rotatable bonds is 4. The molecule has 1 saturated heterocycles. The Morgan fingerprint density at radius 3 is 2.52 bits per heavy atom. The lowest BCUT2D eigenvalue weighted by atomic mass is 10.1. The molecule has 0 aliphatic carbocycles. The summed E-state index contributed by atoms with van der Waals surface area (Å²) in [6.45, 7) is 3.44. The van der Waals surface area contributed by atoms with Gasteiger partial charge in [-0.15, -0.1) is 5.10 Å². The molecule has 0 unspecified atom stereocenters. The highest BCUT2D eigenvalue weighted by Crippen LogP contribution is 2.34. The number of benzene rings is 2. The summed E-state index contributed by atoms with van der Waals surface area (Å²) in [6, 6.07) is 6.09. The van der Waals surface area contributed by atoms with Crippen molar-refractivity contribution >= 4 is 22.3 Å². The minimum Gasteiger partial charge on any atom is -0.378 e. The van der Waals surface area contributed by atoms with Crippen molar-refractivity contribution in [2.24, 2.45) is 0 Å². The van der Waals surface area contributed by atoms with Crippen molar-refractivity contribution in [2.75, 3.05) is 36.5 Å². The molecule has 5 nitrogen and oxygen atoms in total. The molecule has 1 aromatic heterocycles. The van der Waals surface area contributed by atoms with Crippen LogP contribution in [-0.2, 0) is 17.5 Å². The minimum absolute atomic E-state index is 0.166. The molecule has 0 saturated carbocycles. The summed E-state index contributed by atoms with van der Waals surface area (Å²) in [7, 11) is 0. The molecule has 1 N–H and O–H groups in total. The van der Waals surface area contributed by atoms with Gasteiger partial charge in [0.2, 0.25) is 0 Å². The maximum Gasteiger partial charge on any atom is 0.419 e. The van der Waals surface area contributed by atoms with E-state index in [0.717, 1.165) is 6.07 Å². The third-order valence-electron chi connectivity index (χ3n) is 5.21.